The Balaban J connectivity index is 1.92. The molecule has 0 aliphatic rings. The highest BCUT2D eigenvalue weighted by Gasteiger charge is 2.11. The van der Waals surface area contributed by atoms with Crippen molar-refractivity contribution in [3.63, 3.8) is 0 Å². The van der Waals surface area contributed by atoms with E-state index in [9.17, 15) is 4.39 Å². The molecule has 0 saturated heterocycles. The minimum atomic E-state index is -0.224. The lowest BCUT2D eigenvalue weighted by atomic mass is 10.1. The van der Waals surface area contributed by atoms with E-state index in [1.165, 1.54) is 12.1 Å². The summed E-state index contributed by atoms with van der Waals surface area (Å²) < 4.78 is 20.4. The van der Waals surface area contributed by atoms with Crippen LogP contribution in [0.5, 0.6) is 5.75 Å². The van der Waals surface area contributed by atoms with E-state index in [2.05, 4.69) is 4.98 Å². The molecule has 0 atom stereocenters. The molecule has 0 bridgehead atoms. The van der Waals surface area contributed by atoms with E-state index in [4.69, 9.17) is 10.5 Å². The van der Waals surface area contributed by atoms with Crippen molar-refractivity contribution in [1.29, 1.82) is 0 Å². The molecule has 3 aromatic rings. The lowest BCUT2D eigenvalue weighted by Crippen LogP contribution is -2.05. The van der Waals surface area contributed by atoms with Crippen LogP contribution < -0.4 is 10.5 Å². The molecule has 0 amide bonds. The smallest absolute Gasteiger partial charge is 0.201 e. The highest BCUT2D eigenvalue weighted by molar-refractivity contribution is 5.84. The number of rotatable bonds is 4. The van der Waals surface area contributed by atoms with Crippen LogP contribution in [0, 0.1) is 5.82 Å². The number of nitrogen functional groups attached to an aromatic ring is 1. The maximum Gasteiger partial charge on any atom is 0.201 e. The number of hydrogen-bond acceptors (Lipinski definition) is 3. The number of anilines is 1. The first-order chi connectivity index (χ1) is 10.2. The van der Waals surface area contributed by atoms with Gasteiger partial charge in [0, 0.05) is 6.54 Å². The van der Waals surface area contributed by atoms with Crippen LogP contribution in [0.1, 0.15) is 5.56 Å². The number of aryl methyl sites for hydroxylation is 2. The van der Waals surface area contributed by atoms with Gasteiger partial charge in [0.2, 0.25) is 5.95 Å². The second kappa shape index (κ2) is 5.44. The predicted molar refractivity (Wildman–Crippen MR) is 80.8 cm³/mol. The Morgan fingerprint density at radius 2 is 2.05 bits per heavy atom. The average molecular weight is 285 g/mol. The number of benzene rings is 2. The predicted octanol–water partition coefficient (Wildman–Crippen LogP) is 3.01. The summed E-state index contributed by atoms with van der Waals surface area (Å²) in [4.78, 5) is 4.36. The largest absolute Gasteiger partial charge is 0.494 e. The van der Waals surface area contributed by atoms with Crippen molar-refractivity contribution >= 4 is 17.0 Å². The zero-order valence-electron chi connectivity index (χ0n) is 11.7. The molecule has 0 saturated carbocycles. The van der Waals surface area contributed by atoms with Gasteiger partial charge in [-0.2, -0.15) is 0 Å². The summed E-state index contributed by atoms with van der Waals surface area (Å²) in [5.41, 5.74) is 8.59. The van der Waals surface area contributed by atoms with Gasteiger partial charge >= 0.3 is 0 Å². The van der Waals surface area contributed by atoms with Crippen molar-refractivity contribution in [3.8, 4) is 5.75 Å². The van der Waals surface area contributed by atoms with E-state index < -0.39 is 0 Å². The molecule has 2 aromatic carbocycles. The molecular weight excluding hydrogens is 269 g/mol. The first-order valence-electron chi connectivity index (χ1n) is 6.72. The number of ether oxygens (including phenoxy) is 1. The van der Waals surface area contributed by atoms with E-state index >= 15 is 0 Å². The summed E-state index contributed by atoms with van der Waals surface area (Å²) in [6.07, 6.45) is 0.685. The standard InChI is InChI=1S/C16H16FN3O/c1-21-14-7-3-6-13-15(14)19-16(18)20(13)9-8-11-4-2-5-12(17)10-11/h2-7,10H,8-9H2,1H3,(H2,18,19). The topological polar surface area (TPSA) is 53.1 Å². The van der Waals surface area contributed by atoms with Crippen molar-refractivity contribution in [2.45, 2.75) is 13.0 Å². The van der Waals surface area contributed by atoms with Crippen LogP contribution in [0.15, 0.2) is 42.5 Å². The van der Waals surface area contributed by atoms with E-state index in [1.807, 2.05) is 28.8 Å². The van der Waals surface area contributed by atoms with Crippen LogP contribution in [0.2, 0.25) is 0 Å². The maximum atomic E-state index is 13.2. The summed E-state index contributed by atoms with van der Waals surface area (Å²) in [5.74, 6) is 0.909. The van der Waals surface area contributed by atoms with Gasteiger partial charge in [-0.05, 0) is 36.2 Å². The number of fused-ring (bicyclic) bond motifs is 1. The first-order valence-corrected chi connectivity index (χ1v) is 6.72. The third kappa shape index (κ3) is 2.54. The van der Waals surface area contributed by atoms with Gasteiger partial charge in [-0.25, -0.2) is 9.37 Å². The molecule has 2 N–H and O–H groups in total. The van der Waals surface area contributed by atoms with Gasteiger partial charge in [-0.3, -0.25) is 0 Å². The number of imidazole rings is 1. The van der Waals surface area contributed by atoms with E-state index in [-0.39, 0.29) is 5.82 Å². The molecule has 0 fully saturated rings. The number of nitrogens with zero attached hydrogens (tertiary/aromatic N) is 2. The van der Waals surface area contributed by atoms with Crippen LogP contribution in [0.25, 0.3) is 11.0 Å². The van der Waals surface area contributed by atoms with Gasteiger partial charge < -0.3 is 15.0 Å². The molecule has 0 aliphatic heterocycles. The van der Waals surface area contributed by atoms with Gasteiger partial charge in [-0.1, -0.05) is 18.2 Å². The minimum Gasteiger partial charge on any atom is -0.494 e. The van der Waals surface area contributed by atoms with E-state index in [0.29, 0.717) is 24.7 Å². The number of aromatic nitrogens is 2. The summed E-state index contributed by atoms with van der Waals surface area (Å²) >= 11 is 0. The van der Waals surface area contributed by atoms with Crippen LogP contribution in [0.4, 0.5) is 10.3 Å². The Kier molecular flexibility index (Phi) is 3.48. The third-order valence-corrected chi connectivity index (χ3v) is 3.50. The number of hydrogen-bond donors (Lipinski definition) is 1. The van der Waals surface area contributed by atoms with Crippen molar-refractivity contribution < 1.29 is 9.13 Å². The van der Waals surface area contributed by atoms with Crippen LogP contribution in [-0.2, 0) is 13.0 Å². The quantitative estimate of drug-likeness (QED) is 0.801. The third-order valence-electron chi connectivity index (χ3n) is 3.50. The van der Waals surface area contributed by atoms with Crippen LogP contribution >= 0.6 is 0 Å². The zero-order valence-corrected chi connectivity index (χ0v) is 11.7. The molecule has 3 rings (SSSR count). The fourth-order valence-electron chi connectivity index (χ4n) is 2.47. The highest BCUT2D eigenvalue weighted by Crippen LogP contribution is 2.26. The monoisotopic (exact) mass is 285 g/mol. The summed E-state index contributed by atoms with van der Waals surface area (Å²) in [6.45, 7) is 0.638. The van der Waals surface area contributed by atoms with Crippen molar-refractivity contribution in [1.82, 2.24) is 9.55 Å². The Morgan fingerprint density at radius 3 is 2.81 bits per heavy atom. The Hall–Kier alpha value is -2.56. The SMILES string of the molecule is COc1cccc2c1nc(N)n2CCc1cccc(F)c1. The molecule has 0 radical (unpaired) electrons. The van der Waals surface area contributed by atoms with E-state index in [0.717, 1.165) is 16.6 Å². The van der Waals surface area contributed by atoms with Crippen molar-refractivity contribution in [2.24, 2.45) is 0 Å². The Morgan fingerprint density at radius 1 is 1.24 bits per heavy atom. The molecule has 0 spiro atoms. The number of methoxy groups -OCH3 is 1. The van der Waals surface area contributed by atoms with Crippen LogP contribution in [-0.4, -0.2) is 16.7 Å². The minimum absolute atomic E-state index is 0.224. The number of nitrogens with two attached hydrogens (primary N) is 1. The Labute approximate surface area is 122 Å². The first kappa shape index (κ1) is 13.4. The molecule has 108 valence electrons. The molecule has 4 nitrogen and oxygen atoms in total. The zero-order chi connectivity index (χ0) is 14.8. The lowest BCUT2D eigenvalue weighted by Gasteiger charge is -2.07. The average Bonchev–Trinajstić information content (AvgIpc) is 2.80. The van der Waals surface area contributed by atoms with E-state index in [1.54, 1.807) is 13.2 Å². The Bertz CT molecular complexity index is 782. The maximum absolute atomic E-state index is 13.2. The van der Waals surface area contributed by atoms with Gasteiger partial charge in [0.05, 0.1) is 12.6 Å². The van der Waals surface area contributed by atoms with Gasteiger partial charge in [0.1, 0.15) is 17.1 Å². The normalized spacial score (nSPS) is 11.0. The molecule has 21 heavy (non-hydrogen) atoms. The lowest BCUT2D eigenvalue weighted by molar-refractivity contribution is 0.419. The summed E-state index contributed by atoms with van der Waals surface area (Å²) in [6, 6.07) is 12.3. The number of halogens is 1. The molecule has 1 aromatic heterocycles. The second-order valence-corrected chi connectivity index (χ2v) is 4.83. The van der Waals surface area contributed by atoms with Crippen LogP contribution in [0.3, 0.4) is 0 Å². The molecule has 0 aliphatic carbocycles. The molecule has 0 unspecified atom stereocenters. The van der Waals surface area contributed by atoms with Crippen molar-refractivity contribution in [3.05, 3.63) is 53.8 Å². The summed E-state index contributed by atoms with van der Waals surface area (Å²) in [7, 11) is 1.61. The fraction of sp³-hybridized carbons (Fsp3) is 0.188. The number of para-hydroxylation sites is 1. The second-order valence-electron chi connectivity index (χ2n) is 4.83. The van der Waals surface area contributed by atoms with Gasteiger partial charge in [0.15, 0.2) is 0 Å². The van der Waals surface area contributed by atoms with Crippen molar-refractivity contribution in [2.75, 3.05) is 12.8 Å². The summed E-state index contributed by atoms with van der Waals surface area (Å²) in [5, 5.41) is 0. The molecule has 1 heterocycles. The fourth-order valence-corrected chi connectivity index (χ4v) is 2.47. The van der Waals surface area contributed by atoms with Gasteiger partial charge in [-0.15, -0.1) is 0 Å². The van der Waals surface area contributed by atoms with Gasteiger partial charge in [0.25, 0.3) is 0 Å². The molecular formula is C16H16FN3O. The molecule has 5 heteroatoms. The highest BCUT2D eigenvalue weighted by atomic mass is 19.1.